The van der Waals surface area contributed by atoms with Gasteiger partial charge in [0.2, 0.25) is 0 Å². The Hall–Kier alpha value is -2.89. The van der Waals surface area contributed by atoms with Gasteiger partial charge in [0.1, 0.15) is 24.4 Å². The number of nitriles is 1. The quantitative estimate of drug-likeness (QED) is 0.219. The molecule has 2 aromatic heterocycles. The molecule has 0 bridgehead atoms. The number of aromatic nitrogens is 4. The van der Waals surface area contributed by atoms with E-state index in [0.29, 0.717) is 19.3 Å². The van der Waals surface area contributed by atoms with Crippen molar-refractivity contribution in [1.29, 1.82) is 5.26 Å². The summed E-state index contributed by atoms with van der Waals surface area (Å²) in [7, 11) is -2.62. The number of phosphoric ester groups is 1. The summed E-state index contributed by atoms with van der Waals surface area (Å²) in [4.78, 5) is 54.2. The van der Waals surface area contributed by atoms with Gasteiger partial charge in [0.25, 0.3) is 19.6 Å². The van der Waals surface area contributed by atoms with Crippen molar-refractivity contribution in [2.75, 3.05) is 41.2 Å². The molecule has 2 N–H and O–H groups in total. The molecule has 2 aliphatic rings. The first-order valence-electron chi connectivity index (χ1n) is 17.5. The highest BCUT2D eigenvalue weighted by molar-refractivity contribution is 7.48. The zero-order chi connectivity index (χ0) is 39.6. The highest BCUT2D eigenvalue weighted by Gasteiger charge is 2.51. The third-order valence-corrected chi connectivity index (χ3v) is 12.2. The number of hydrogen-bond acceptors (Lipinski definition) is 16. The van der Waals surface area contributed by atoms with Gasteiger partial charge in [0.05, 0.1) is 31.8 Å². The van der Waals surface area contributed by atoms with E-state index in [-0.39, 0.29) is 31.7 Å². The molecular weight excluding hydrogens is 754 g/mol. The number of methoxy groups -OCH3 is 2. The fourth-order valence-corrected chi connectivity index (χ4v) is 9.12. The Morgan fingerprint density at radius 3 is 2.11 bits per heavy atom. The summed E-state index contributed by atoms with van der Waals surface area (Å²) >= 11 is 0. The summed E-state index contributed by atoms with van der Waals surface area (Å²) in [5.74, 6) is 0. The van der Waals surface area contributed by atoms with E-state index in [1.165, 1.54) is 26.6 Å². The van der Waals surface area contributed by atoms with Gasteiger partial charge in [-0.1, -0.05) is 0 Å². The molecule has 0 saturated carbocycles. The second-order valence-electron chi connectivity index (χ2n) is 12.9. The third-order valence-electron chi connectivity index (χ3n) is 8.66. The fraction of sp³-hybridized carbons (Fsp3) is 0.719. The van der Waals surface area contributed by atoms with Crippen LogP contribution in [0, 0.1) is 11.3 Å². The van der Waals surface area contributed by atoms with Gasteiger partial charge >= 0.3 is 19.2 Å². The largest absolute Gasteiger partial charge is 0.475 e. The Balaban J connectivity index is 1.79. The van der Waals surface area contributed by atoms with Gasteiger partial charge in [-0.25, -0.2) is 18.8 Å². The van der Waals surface area contributed by atoms with Crippen LogP contribution in [0.4, 0.5) is 0 Å². The van der Waals surface area contributed by atoms with Gasteiger partial charge in [0, 0.05) is 64.5 Å². The van der Waals surface area contributed by atoms with E-state index in [1.54, 1.807) is 0 Å². The molecule has 302 valence electrons. The monoisotopic (exact) mass is 804 g/mol. The van der Waals surface area contributed by atoms with Gasteiger partial charge in [-0.2, -0.15) is 5.26 Å². The fourth-order valence-electron chi connectivity index (χ4n) is 6.27. The van der Waals surface area contributed by atoms with Crippen molar-refractivity contribution in [1.82, 2.24) is 23.8 Å². The molecule has 4 rings (SSSR count). The molecule has 2 aliphatic heterocycles. The lowest BCUT2D eigenvalue weighted by Gasteiger charge is -2.40. The van der Waals surface area contributed by atoms with Crippen LogP contribution in [0.3, 0.4) is 0 Å². The number of aromatic amines is 2. The predicted octanol–water partition coefficient (Wildman–Crippen LogP) is 2.53. The van der Waals surface area contributed by atoms with Crippen LogP contribution < -0.4 is 22.5 Å². The number of H-pyrrole nitrogens is 2. The molecule has 2 unspecified atom stereocenters. The Morgan fingerprint density at radius 2 is 1.57 bits per heavy atom. The van der Waals surface area contributed by atoms with Crippen LogP contribution in [0.1, 0.15) is 65.8 Å². The van der Waals surface area contributed by atoms with Crippen LogP contribution in [0.2, 0.25) is 0 Å². The highest BCUT2D eigenvalue weighted by atomic mass is 31.2. The van der Waals surface area contributed by atoms with Crippen molar-refractivity contribution in [3.8, 4) is 6.07 Å². The van der Waals surface area contributed by atoms with E-state index in [2.05, 4.69) is 16.0 Å². The van der Waals surface area contributed by atoms with E-state index in [9.17, 15) is 29.0 Å². The number of rotatable bonds is 13. The average Bonchev–Trinajstić information content (AvgIpc) is 3.45. The molecule has 2 aromatic rings. The minimum atomic E-state index is -4.53. The van der Waals surface area contributed by atoms with Gasteiger partial charge in [-0.05, 0) is 47.0 Å². The van der Waals surface area contributed by atoms with Crippen LogP contribution in [0.25, 0.3) is 0 Å². The average molecular weight is 805 g/mol. The number of hydrogen-bond donors (Lipinski definition) is 2. The van der Waals surface area contributed by atoms with E-state index < -0.39 is 88.4 Å². The number of nitrogens with zero attached hydrogens (tertiary/aromatic N) is 4. The molecule has 20 nitrogen and oxygen atoms in total. The minimum absolute atomic E-state index is 0.0311. The Labute approximate surface area is 313 Å². The molecule has 0 radical (unpaired) electrons. The van der Waals surface area contributed by atoms with Crippen LogP contribution >= 0.6 is 16.3 Å². The Kier molecular flexibility index (Phi) is 16.5. The summed E-state index contributed by atoms with van der Waals surface area (Å²) in [5.41, 5.74) is -2.76. The lowest BCUT2D eigenvalue weighted by atomic mass is 10.0. The Bertz CT molecular complexity index is 1820. The topological polar surface area (TPSA) is 237 Å². The van der Waals surface area contributed by atoms with E-state index in [1.807, 2.05) is 32.4 Å². The second kappa shape index (κ2) is 20.3. The number of ether oxygens (including phenoxy) is 4. The second-order valence-corrected chi connectivity index (χ2v) is 16.1. The molecule has 0 aliphatic carbocycles. The van der Waals surface area contributed by atoms with Crippen LogP contribution in [-0.2, 0) is 46.1 Å². The molecule has 4 heterocycles. The lowest BCUT2D eigenvalue weighted by Crippen LogP contribution is -2.47. The maximum absolute atomic E-state index is 14.4. The summed E-state index contributed by atoms with van der Waals surface area (Å²) < 4.78 is 73.2. The first-order chi connectivity index (χ1) is 25.8. The lowest BCUT2D eigenvalue weighted by molar-refractivity contribution is -0.145. The predicted molar refractivity (Wildman–Crippen MR) is 193 cm³/mol. The summed E-state index contributed by atoms with van der Waals surface area (Å²) in [6, 6.07) is 4.17. The van der Waals surface area contributed by atoms with E-state index >= 15 is 0 Å². The SMILES string of the molecule is CO[C@@H]1[C@@H]2OP(=O)(OC)OC[C@@H](OP(OCCC#N)N(C(C)C)C(C)C)[C@@H](OC)[C@H](n3ccc(=O)[nH]c3=O)OCCCC[C@H]2O[C@H]1n1ccc(=O)[nH]c1=O. The van der Waals surface area contributed by atoms with Crippen molar-refractivity contribution in [3.63, 3.8) is 0 Å². The van der Waals surface area contributed by atoms with Crippen LogP contribution in [0.15, 0.2) is 43.7 Å². The third kappa shape index (κ3) is 10.9. The summed E-state index contributed by atoms with van der Waals surface area (Å²) in [5, 5.41) is 9.26. The standard InChI is InChI=1S/C32H50N6O14P2/c1-20(2)38(21(3)4)53(48-18-10-14-33)51-23-19-49-54(43,46-7)52-26-22(50-30(28(26)45-6)37-16-13-25(40)35-32(37)42)11-8-9-17-47-29(27(23)44-5)36-15-12-24(39)34-31(36)41/h12-13,15-16,20-23,26-30H,8-11,17-19H2,1-7H3,(H,34,39,41)(H,35,40,42)/t22-,23-,26-,27-,28-,29-,30-,53?,54?/m1/s1. The van der Waals surface area contributed by atoms with Gasteiger partial charge in [0.15, 0.2) is 12.5 Å². The molecule has 0 amide bonds. The van der Waals surface area contributed by atoms with E-state index in [0.717, 1.165) is 28.4 Å². The first-order valence-corrected chi connectivity index (χ1v) is 20.1. The summed E-state index contributed by atoms with van der Waals surface area (Å²) in [6.45, 7) is 7.38. The smallest absolute Gasteiger partial charge is 0.374 e. The number of nitrogens with one attached hydrogen (secondary N) is 2. The van der Waals surface area contributed by atoms with Crippen molar-refractivity contribution in [2.45, 2.75) is 108 Å². The molecule has 2 saturated heterocycles. The summed E-state index contributed by atoms with van der Waals surface area (Å²) in [6.07, 6.45) is -3.84. The highest BCUT2D eigenvalue weighted by Crippen LogP contribution is 2.55. The van der Waals surface area contributed by atoms with Crippen molar-refractivity contribution < 1.29 is 46.1 Å². The van der Waals surface area contributed by atoms with Gasteiger partial charge in [-0.3, -0.25) is 42.3 Å². The molecule has 0 spiro atoms. The molecule has 9 atom stereocenters. The molecule has 0 aromatic carbocycles. The van der Waals surface area contributed by atoms with Crippen molar-refractivity contribution in [3.05, 3.63) is 66.2 Å². The molecule has 54 heavy (non-hydrogen) atoms. The maximum Gasteiger partial charge on any atom is 0.475 e. The number of phosphoric acid groups is 1. The maximum atomic E-state index is 14.4. The minimum Gasteiger partial charge on any atom is -0.374 e. The van der Waals surface area contributed by atoms with Gasteiger partial charge in [-0.15, -0.1) is 0 Å². The zero-order valence-corrected chi connectivity index (χ0v) is 33.1. The zero-order valence-electron chi connectivity index (χ0n) is 31.4. The van der Waals surface area contributed by atoms with Crippen molar-refractivity contribution in [2.24, 2.45) is 0 Å². The normalized spacial score (nSPS) is 29.2. The molecular formula is C32H50N6O14P2. The Morgan fingerprint density at radius 1 is 0.963 bits per heavy atom. The first kappa shape index (κ1) is 43.8. The van der Waals surface area contributed by atoms with Crippen LogP contribution in [0.5, 0.6) is 0 Å². The molecule has 2 fully saturated rings. The van der Waals surface area contributed by atoms with Crippen molar-refractivity contribution >= 4 is 16.3 Å². The van der Waals surface area contributed by atoms with Crippen LogP contribution in [-0.4, -0.2) is 108 Å². The van der Waals surface area contributed by atoms with E-state index in [4.69, 9.17) is 41.6 Å². The molecule has 22 heteroatoms. The number of fused-ring (bicyclic) bond motifs is 1. The van der Waals surface area contributed by atoms with Gasteiger partial charge < -0.3 is 28.0 Å².